The maximum atomic E-state index is 12.0. The summed E-state index contributed by atoms with van der Waals surface area (Å²) in [5, 5.41) is 2.77. The second kappa shape index (κ2) is 6.38. The van der Waals surface area contributed by atoms with E-state index < -0.39 is 10.0 Å². The van der Waals surface area contributed by atoms with Gasteiger partial charge in [0, 0.05) is 24.5 Å². The molecule has 7 heteroatoms. The van der Waals surface area contributed by atoms with Gasteiger partial charge in [-0.15, -0.1) is 11.3 Å². The molecule has 0 fully saturated rings. The predicted octanol–water partition coefficient (Wildman–Crippen LogP) is 1.93. The van der Waals surface area contributed by atoms with Crippen molar-refractivity contribution < 1.29 is 13.2 Å². The molecule has 21 heavy (non-hydrogen) atoms. The molecule has 1 aromatic heterocycles. The maximum absolute atomic E-state index is 12.0. The lowest BCUT2D eigenvalue weighted by Gasteiger charge is -2.08. The molecule has 1 heterocycles. The number of sulfonamides is 1. The Labute approximate surface area is 128 Å². The van der Waals surface area contributed by atoms with Gasteiger partial charge in [-0.25, -0.2) is 12.7 Å². The first-order chi connectivity index (χ1) is 9.91. The van der Waals surface area contributed by atoms with E-state index >= 15 is 0 Å². The largest absolute Gasteiger partial charge is 0.347 e. The number of hydrogen-bond acceptors (Lipinski definition) is 4. The highest BCUT2D eigenvalue weighted by atomic mass is 32.2. The number of nitrogens with one attached hydrogen (secondary N) is 1. The SMILES string of the molecule is CN(C)S(=O)(=O)c1ccc(CNC(=O)c2ccccc2)s1. The molecule has 2 rings (SSSR count). The van der Waals surface area contributed by atoms with E-state index in [-0.39, 0.29) is 10.1 Å². The molecule has 112 valence electrons. The Kier molecular flexibility index (Phi) is 4.76. The molecule has 0 unspecified atom stereocenters. The van der Waals surface area contributed by atoms with Gasteiger partial charge in [-0.05, 0) is 24.3 Å². The minimum absolute atomic E-state index is 0.180. The number of hydrogen-bond donors (Lipinski definition) is 1. The van der Waals surface area contributed by atoms with Crippen LogP contribution in [0.15, 0.2) is 46.7 Å². The highest BCUT2D eigenvalue weighted by molar-refractivity contribution is 7.91. The zero-order valence-electron chi connectivity index (χ0n) is 11.7. The Morgan fingerprint density at radius 1 is 1.14 bits per heavy atom. The molecular formula is C14H16N2O3S2. The van der Waals surface area contributed by atoms with Gasteiger partial charge in [0.25, 0.3) is 15.9 Å². The van der Waals surface area contributed by atoms with Crippen LogP contribution in [0.1, 0.15) is 15.2 Å². The van der Waals surface area contributed by atoms with Crippen LogP contribution in [0.25, 0.3) is 0 Å². The molecule has 1 N–H and O–H groups in total. The average molecular weight is 324 g/mol. The van der Waals surface area contributed by atoms with Crippen molar-refractivity contribution in [3.8, 4) is 0 Å². The van der Waals surface area contributed by atoms with E-state index in [9.17, 15) is 13.2 Å². The molecule has 5 nitrogen and oxygen atoms in total. The van der Waals surface area contributed by atoms with E-state index in [1.807, 2.05) is 6.07 Å². The summed E-state index contributed by atoms with van der Waals surface area (Å²) in [7, 11) is -0.424. The van der Waals surface area contributed by atoms with Crippen LogP contribution in [0, 0.1) is 0 Å². The fourth-order valence-corrected chi connectivity index (χ4v) is 4.10. The minimum atomic E-state index is -3.41. The lowest BCUT2D eigenvalue weighted by Crippen LogP contribution is -2.22. The zero-order chi connectivity index (χ0) is 15.5. The Balaban J connectivity index is 2.03. The van der Waals surface area contributed by atoms with Gasteiger partial charge in [-0.3, -0.25) is 4.79 Å². The third kappa shape index (κ3) is 3.69. The summed E-state index contributed by atoms with van der Waals surface area (Å²) in [6, 6.07) is 12.2. The van der Waals surface area contributed by atoms with Crippen molar-refractivity contribution in [3.05, 3.63) is 52.9 Å². The first kappa shape index (κ1) is 15.7. The van der Waals surface area contributed by atoms with Gasteiger partial charge in [0.2, 0.25) is 0 Å². The van der Waals surface area contributed by atoms with E-state index in [2.05, 4.69) is 5.32 Å². The van der Waals surface area contributed by atoms with Crippen molar-refractivity contribution >= 4 is 27.3 Å². The maximum Gasteiger partial charge on any atom is 0.252 e. The first-order valence-corrected chi connectivity index (χ1v) is 8.51. The fraction of sp³-hybridized carbons (Fsp3) is 0.214. The Morgan fingerprint density at radius 2 is 1.81 bits per heavy atom. The monoisotopic (exact) mass is 324 g/mol. The number of thiophene rings is 1. The van der Waals surface area contributed by atoms with Crippen LogP contribution in [0.2, 0.25) is 0 Å². The van der Waals surface area contributed by atoms with Crippen LogP contribution >= 0.6 is 11.3 Å². The topological polar surface area (TPSA) is 66.5 Å². The number of benzene rings is 1. The number of nitrogens with zero attached hydrogens (tertiary/aromatic N) is 1. The second-order valence-corrected chi connectivity index (χ2v) is 8.10. The molecule has 0 radical (unpaired) electrons. The van der Waals surface area contributed by atoms with Gasteiger partial charge >= 0.3 is 0 Å². The van der Waals surface area contributed by atoms with E-state index in [4.69, 9.17) is 0 Å². The van der Waals surface area contributed by atoms with Crippen LogP contribution in [0.3, 0.4) is 0 Å². The van der Waals surface area contributed by atoms with Crippen molar-refractivity contribution in [1.29, 1.82) is 0 Å². The van der Waals surface area contributed by atoms with Crippen LogP contribution in [-0.4, -0.2) is 32.7 Å². The third-order valence-electron chi connectivity index (χ3n) is 2.83. The Hall–Kier alpha value is -1.70. The smallest absolute Gasteiger partial charge is 0.252 e. The number of carbonyl (C=O) groups excluding carboxylic acids is 1. The molecular weight excluding hydrogens is 308 g/mol. The van der Waals surface area contributed by atoms with Crippen LogP contribution < -0.4 is 5.32 Å². The van der Waals surface area contributed by atoms with Gasteiger partial charge < -0.3 is 5.32 Å². The molecule has 0 aliphatic carbocycles. The fourth-order valence-electron chi connectivity index (χ4n) is 1.63. The highest BCUT2D eigenvalue weighted by Gasteiger charge is 2.19. The first-order valence-electron chi connectivity index (χ1n) is 6.26. The minimum Gasteiger partial charge on any atom is -0.347 e. The van der Waals surface area contributed by atoms with Crippen LogP contribution in [-0.2, 0) is 16.6 Å². The standard InChI is InChI=1S/C14H16N2O3S2/c1-16(2)21(18,19)13-9-8-12(20-13)10-15-14(17)11-6-4-3-5-7-11/h3-9H,10H2,1-2H3,(H,15,17). The average Bonchev–Trinajstić information content (AvgIpc) is 2.95. The molecule has 1 amide bonds. The molecule has 0 saturated heterocycles. The van der Waals surface area contributed by atoms with Crippen molar-refractivity contribution in [2.24, 2.45) is 0 Å². The Morgan fingerprint density at radius 3 is 2.43 bits per heavy atom. The van der Waals surface area contributed by atoms with E-state index in [0.717, 1.165) is 16.2 Å². The van der Waals surface area contributed by atoms with Crippen LogP contribution in [0.4, 0.5) is 0 Å². The Bertz CT molecular complexity index is 722. The highest BCUT2D eigenvalue weighted by Crippen LogP contribution is 2.23. The molecule has 0 bridgehead atoms. The summed E-state index contributed by atoms with van der Waals surface area (Å²) in [5.74, 6) is -0.180. The predicted molar refractivity (Wildman–Crippen MR) is 82.8 cm³/mol. The van der Waals surface area contributed by atoms with Crippen molar-refractivity contribution in [2.75, 3.05) is 14.1 Å². The lowest BCUT2D eigenvalue weighted by atomic mass is 10.2. The lowest BCUT2D eigenvalue weighted by molar-refractivity contribution is 0.0951. The van der Waals surface area contributed by atoms with E-state index in [0.29, 0.717) is 12.1 Å². The second-order valence-electron chi connectivity index (χ2n) is 4.56. The molecule has 0 atom stereocenters. The van der Waals surface area contributed by atoms with Gasteiger partial charge in [0.15, 0.2) is 0 Å². The number of amides is 1. The summed E-state index contributed by atoms with van der Waals surface area (Å²) in [6.45, 7) is 0.307. The van der Waals surface area contributed by atoms with Crippen LogP contribution in [0.5, 0.6) is 0 Å². The molecule has 0 aliphatic heterocycles. The number of rotatable bonds is 5. The number of carbonyl (C=O) groups is 1. The summed E-state index contributed by atoms with van der Waals surface area (Å²) >= 11 is 1.16. The summed E-state index contributed by atoms with van der Waals surface area (Å²) in [6.07, 6.45) is 0. The van der Waals surface area contributed by atoms with Crippen molar-refractivity contribution in [3.63, 3.8) is 0 Å². The molecule has 1 aromatic carbocycles. The molecule has 0 spiro atoms. The van der Waals surface area contributed by atoms with Crippen molar-refractivity contribution in [2.45, 2.75) is 10.8 Å². The van der Waals surface area contributed by atoms with Gasteiger partial charge in [-0.1, -0.05) is 18.2 Å². The molecule has 0 aliphatic rings. The normalized spacial score (nSPS) is 11.6. The zero-order valence-corrected chi connectivity index (χ0v) is 13.4. The van der Waals surface area contributed by atoms with Gasteiger partial charge in [-0.2, -0.15) is 0 Å². The quantitative estimate of drug-likeness (QED) is 0.914. The summed E-state index contributed by atoms with van der Waals surface area (Å²) in [5.41, 5.74) is 0.579. The molecule has 2 aromatic rings. The van der Waals surface area contributed by atoms with E-state index in [1.54, 1.807) is 36.4 Å². The van der Waals surface area contributed by atoms with Crippen molar-refractivity contribution in [1.82, 2.24) is 9.62 Å². The summed E-state index contributed by atoms with van der Waals surface area (Å²) < 4.78 is 25.4. The van der Waals surface area contributed by atoms with Gasteiger partial charge in [0.1, 0.15) is 4.21 Å². The van der Waals surface area contributed by atoms with E-state index in [1.165, 1.54) is 18.4 Å². The third-order valence-corrected chi connectivity index (χ3v) is 6.20. The summed E-state index contributed by atoms with van der Waals surface area (Å²) in [4.78, 5) is 12.7. The molecule has 0 saturated carbocycles. The van der Waals surface area contributed by atoms with Gasteiger partial charge in [0.05, 0.1) is 6.54 Å².